The van der Waals surface area contributed by atoms with Crippen molar-refractivity contribution in [3.63, 3.8) is 0 Å². The van der Waals surface area contributed by atoms with E-state index in [1.54, 1.807) is 5.57 Å². The van der Waals surface area contributed by atoms with E-state index >= 15 is 0 Å². The Morgan fingerprint density at radius 1 is 0.732 bits per heavy atom. The lowest BCUT2D eigenvalue weighted by Gasteiger charge is -2.46. The van der Waals surface area contributed by atoms with E-state index in [4.69, 9.17) is 13.3 Å². The summed E-state index contributed by atoms with van der Waals surface area (Å²) in [7, 11) is -6.10. The molecular weight excluding hydrogens is 733 g/mol. The molecule has 3 saturated carbocycles. The van der Waals surface area contributed by atoms with Gasteiger partial charge in [0.25, 0.3) is 0 Å². The molecule has 0 spiro atoms. The van der Waals surface area contributed by atoms with E-state index in [1.165, 1.54) is 56.1 Å². The number of hydrogen-bond donors (Lipinski definition) is 0. The molecule has 56 heavy (non-hydrogen) atoms. The van der Waals surface area contributed by atoms with Crippen LogP contribution >= 0.6 is 0 Å². The van der Waals surface area contributed by atoms with Crippen LogP contribution in [0.15, 0.2) is 59.3 Å². The van der Waals surface area contributed by atoms with Crippen molar-refractivity contribution in [2.45, 2.75) is 221 Å². The fraction of sp³-hybridized carbons (Fsp3) is 0.800. The van der Waals surface area contributed by atoms with Gasteiger partial charge in [0.1, 0.15) is 0 Å². The highest BCUT2D eigenvalue weighted by atomic mass is 28.4. The summed E-state index contributed by atoms with van der Waals surface area (Å²) in [5.74, 6) is 2.00. The molecule has 0 bridgehead atoms. The van der Waals surface area contributed by atoms with E-state index < -0.39 is 25.0 Å². The highest BCUT2D eigenvalue weighted by Crippen LogP contribution is 2.59. The number of rotatable bonds is 14. The summed E-state index contributed by atoms with van der Waals surface area (Å²) in [4.78, 5) is 0. The summed E-state index contributed by atoms with van der Waals surface area (Å²) in [5, 5.41) is 0.407. The number of fused-ring (bicyclic) bond motifs is 1. The van der Waals surface area contributed by atoms with Crippen LogP contribution in [-0.2, 0) is 13.3 Å². The second-order valence-electron chi connectivity index (χ2n) is 23.5. The number of allylic oxidation sites excluding steroid dienone is 7. The van der Waals surface area contributed by atoms with Gasteiger partial charge in [0, 0.05) is 0 Å². The maximum atomic E-state index is 7.44. The number of hydrogen-bond acceptors (Lipinski definition) is 3. The molecule has 6 atom stereocenters. The molecule has 3 nitrogen and oxygen atoms in total. The second-order valence-corrected chi connectivity index (χ2v) is 37.9. The largest absolute Gasteiger partial charge is 0.413 e. The molecule has 3 aliphatic carbocycles. The zero-order valence-electron chi connectivity index (χ0n) is 40.7. The molecule has 0 N–H and O–H groups in total. The quantitative estimate of drug-likeness (QED) is 0.0992. The summed E-state index contributed by atoms with van der Waals surface area (Å²) in [5.41, 5.74) is 5.19. The van der Waals surface area contributed by atoms with Gasteiger partial charge in [0.2, 0.25) is 0 Å². The van der Waals surface area contributed by atoms with Crippen LogP contribution in [-0.4, -0.2) is 43.8 Å². The highest BCUT2D eigenvalue weighted by Gasteiger charge is 2.51. The van der Waals surface area contributed by atoms with Gasteiger partial charge in [0.15, 0.2) is 25.0 Å². The minimum atomic E-state index is -2.09. The SMILES string of the molecule is CCC(C)(/C=C/C=C/[C@@H](C)C1CCC2/C(=C/C=C3CC(O[Si](C)(C)C(C)(C)C)C(=CCO[Si](C)(C)C(C)(C)C)[C@@H](O[Si](C)(C)C(C)(C)C)C3)CCCC21C)CC. The maximum Gasteiger partial charge on any atom is 0.192 e. The van der Waals surface area contributed by atoms with Crippen molar-refractivity contribution in [2.24, 2.45) is 28.6 Å². The summed E-state index contributed by atoms with van der Waals surface area (Å²) < 4.78 is 21.7. The lowest BCUT2D eigenvalue weighted by Crippen LogP contribution is -2.50. The summed E-state index contributed by atoms with van der Waals surface area (Å²) >= 11 is 0. The molecule has 0 aromatic rings. The average Bonchev–Trinajstić information content (AvgIpc) is 3.42. The van der Waals surface area contributed by atoms with Gasteiger partial charge in [-0.05, 0) is 146 Å². The van der Waals surface area contributed by atoms with Gasteiger partial charge in [-0.2, -0.15) is 0 Å². The van der Waals surface area contributed by atoms with Gasteiger partial charge < -0.3 is 13.3 Å². The molecule has 6 heteroatoms. The van der Waals surface area contributed by atoms with Crippen LogP contribution in [0.3, 0.4) is 0 Å². The second kappa shape index (κ2) is 18.5. The Balaban J connectivity index is 2.01. The summed E-state index contributed by atoms with van der Waals surface area (Å²) in [6.45, 7) is 48.3. The van der Waals surface area contributed by atoms with E-state index in [0.29, 0.717) is 29.3 Å². The Hall–Kier alpha value is -0.769. The van der Waals surface area contributed by atoms with Gasteiger partial charge in [0.05, 0.1) is 18.8 Å². The molecule has 0 saturated heterocycles. The van der Waals surface area contributed by atoms with Crippen molar-refractivity contribution >= 4 is 25.0 Å². The van der Waals surface area contributed by atoms with E-state index in [1.807, 2.05) is 0 Å². The van der Waals surface area contributed by atoms with Crippen molar-refractivity contribution < 1.29 is 13.3 Å². The van der Waals surface area contributed by atoms with E-state index in [9.17, 15) is 0 Å². The molecule has 0 amide bonds. The third-order valence-corrected chi connectivity index (χ3v) is 30.0. The minimum Gasteiger partial charge on any atom is -0.413 e. The monoisotopic (exact) mass is 825 g/mol. The van der Waals surface area contributed by atoms with Crippen molar-refractivity contribution in [2.75, 3.05) is 6.61 Å². The Morgan fingerprint density at radius 2 is 1.25 bits per heavy atom. The van der Waals surface area contributed by atoms with Crippen LogP contribution in [0.5, 0.6) is 0 Å². The fourth-order valence-corrected chi connectivity index (χ4v) is 12.3. The molecule has 0 heterocycles. The highest BCUT2D eigenvalue weighted by molar-refractivity contribution is 6.75. The van der Waals surface area contributed by atoms with Gasteiger partial charge in [-0.15, -0.1) is 0 Å². The first-order valence-corrected chi connectivity index (χ1v) is 31.6. The van der Waals surface area contributed by atoms with Crippen LogP contribution < -0.4 is 0 Å². The molecular formula is C50H92O3Si3. The molecule has 4 unspecified atom stereocenters. The average molecular weight is 826 g/mol. The first kappa shape index (κ1) is 49.6. The molecule has 0 aliphatic heterocycles. The standard InChI is InChI=1S/C50H92O3Si3/c1-21-49(13,22-2)33-24-23-26-38(3)42-30-31-43-40(27-25-34-50(42,43)14)29-28-39-36-44(52-55(17,18)47(7,8)9)41(32-35-51-54(15,16)46(4,5)6)45(37-39)53-56(19,20)48(10,11)12/h23-24,26,28-29,32-33,38,42-45H,21-22,25,27,30-31,34-37H2,1-20H3/b26-23+,33-24+,39-28?,40-29+,41-32?/t38-,42?,43?,44+,45?,50?/m1/s1. The van der Waals surface area contributed by atoms with Crippen LogP contribution in [0.25, 0.3) is 0 Å². The van der Waals surface area contributed by atoms with Gasteiger partial charge in [-0.25, -0.2) is 0 Å². The first-order chi connectivity index (χ1) is 25.4. The Labute approximate surface area is 352 Å². The van der Waals surface area contributed by atoms with Gasteiger partial charge >= 0.3 is 0 Å². The van der Waals surface area contributed by atoms with Gasteiger partial charge in [-0.3, -0.25) is 0 Å². The van der Waals surface area contributed by atoms with E-state index in [0.717, 1.165) is 18.8 Å². The smallest absolute Gasteiger partial charge is 0.192 e. The predicted molar refractivity (Wildman–Crippen MR) is 255 cm³/mol. The molecule has 0 aromatic carbocycles. The molecule has 3 aliphatic rings. The Morgan fingerprint density at radius 3 is 1.73 bits per heavy atom. The minimum absolute atomic E-state index is 0.00811. The van der Waals surface area contributed by atoms with Gasteiger partial charge in [-0.1, -0.05) is 151 Å². The summed E-state index contributed by atoms with van der Waals surface area (Å²) in [6, 6.07) is 0. The van der Waals surface area contributed by atoms with Crippen molar-refractivity contribution in [1.82, 2.24) is 0 Å². The first-order valence-electron chi connectivity index (χ1n) is 22.9. The molecule has 322 valence electrons. The maximum absolute atomic E-state index is 7.44. The van der Waals surface area contributed by atoms with Crippen LogP contribution in [0.4, 0.5) is 0 Å². The Kier molecular flexibility index (Phi) is 16.3. The van der Waals surface area contributed by atoms with E-state index in [-0.39, 0.29) is 27.3 Å². The van der Waals surface area contributed by atoms with Crippen molar-refractivity contribution in [3.05, 3.63) is 59.3 Å². The van der Waals surface area contributed by atoms with Crippen molar-refractivity contribution in [3.8, 4) is 0 Å². The zero-order chi connectivity index (χ0) is 42.8. The van der Waals surface area contributed by atoms with Crippen LogP contribution in [0, 0.1) is 28.6 Å². The lowest BCUT2D eigenvalue weighted by atomic mass is 9.61. The van der Waals surface area contributed by atoms with Crippen LogP contribution in [0.1, 0.15) is 155 Å². The predicted octanol–water partition coefficient (Wildman–Crippen LogP) is 16.2. The lowest BCUT2D eigenvalue weighted by molar-refractivity contribution is 0.112. The zero-order valence-corrected chi connectivity index (χ0v) is 43.7. The summed E-state index contributed by atoms with van der Waals surface area (Å²) in [6.07, 6.45) is 28.0. The van der Waals surface area contributed by atoms with Crippen molar-refractivity contribution in [1.29, 1.82) is 0 Å². The third-order valence-electron chi connectivity index (χ3n) is 16.5. The molecule has 3 fully saturated rings. The normalized spacial score (nSPS) is 29.3. The molecule has 0 aromatic heterocycles. The topological polar surface area (TPSA) is 27.7 Å². The molecule has 0 radical (unpaired) electrons. The third kappa shape index (κ3) is 12.0. The Bertz CT molecular complexity index is 1410. The van der Waals surface area contributed by atoms with Crippen LogP contribution in [0.2, 0.25) is 54.4 Å². The fourth-order valence-electron chi connectivity index (χ4n) is 8.76. The molecule has 3 rings (SSSR count). The van der Waals surface area contributed by atoms with E-state index in [2.05, 4.69) is 179 Å².